The Morgan fingerprint density at radius 1 is 1.00 bits per heavy atom. The summed E-state index contributed by atoms with van der Waals surface area (Å²) in [7, 11) is -3.73. The van der Waals surface area contributed by atoms with Crippen molar-refractivity contribution in [2.45, 2.75) is 148 Å². The first-order valence-electron chi connectivity index (χ1n) is 15.8. The number of aliphatic hydroxyl groups excluding tert-OH is 1. The van der Waals surface area contributed by atoms with E-state index in [0.717, 1.165) is 25.7 Å². The van der Waals surface area contributed by atoms with Crippen molar-refractivity contribution in [2.75, 3.05) is 13.2 Å². The van der Waals surface area contributed by atoms with Crippen LogP contribution in [0.25, 0.3) is 0 Å². The van der Waals surface area contributed by atoms with E-state index in [0.29, 0.717) is 6.61 Å². The van der Waals surface area contributed by atoms with Crippen LogP contribution >= 0.6 is 0 Å². The van der Waals surface area contributed by atoms with Crippen molar-refractivity contribution in [2.24, 2.45) is 0 Å². The van der Waals surface area contributed by atoms with Crippen molar-refractivity contribution in [1.29, 1.82) is 0 Å². The summed E-state index contributed by atoms with van der Waals surface area (Å²) in [4.78, 5) is 0. The Labute approximate surface area is 260 Å². The predicted octanol–water partition coefficient (Wildman–Crippen LogP) is 9.05. The summed E-state index contributed by atoms with van der Waals surface area (Å²) in [6.07, 6.45) is 16.3. The standard InChI is InChI=1S/C35H62O5Si2/c1-26(17-14-15-20-36)21-30(40-42(12,13)35(7,8)9)19-16-18-29-22-27(2)23-31(38-29)24-28(3)33-32(39-33)25-37-41(10,11)34(4,5)6/h14-17,19,24,29-33,36H,2,18,20-23,25H2,1,3-13H3/b15-14+,19-16+,26-17-,28-24+/t29-,30?,31-,32-,33-/m0/s1. The molecule has 0 aromatic heterocycles. The van der Waals surface area contributed by atoms with Crippen molar-refractivity contribution >= 4 is 16.6 Å². The predicted molar refractivity (Wildman–Crippen MR) is 183 cm³/mol. The monoisotopic (exact) mass is 618 g/mol. The molecule has 2 aliphatic rings. The van der Waals surface area contributed by atoms with E-state index in [1.807, 2.05) is 6.08 Å². The molecule has 0 saturated carbocycles. The van der Waals surface area contributed by atoms with Gasteiger partial charge in [0.1, 0.15) is 12.2 Å². The lowest BCUT2D eigenvalue weighted by molar-refractivity contribution is -0.00414. The Hall–Kier alpha value is -1.07. The van der Waals surface area contributed by atoms with Gasteiger partial charge in [0.2, 0.25) is 0 Å². The first-order chi connectivity index (χ1) is 19.3. The average molecular weight is 619 g/mol. The summed E-state index contributed by atoms with van der Waals surface area (Å²) in [5.41, 5.74) is 3.70. The topological polar surface area (TPSA) is 60.5 Å². The minimum Gasteiger partial charge on any atom is -0.414 e. The molecule has 2 fully saturated rings. The zero-order chi connectivity index (χ0) is 31.9. The van der Waals surface area contributed by atoms with Gasteiger partial charge in [0, 0.05) is 0 Å². The fourth-order valence-electron chi connectivity index (χ4n) is 4.60. The molecule has 2 rings (SSSR count). The molecule has 0 amide bonds. The van der Waals surface area contributed by atoms with Crippen LogP contribution in [0.4, 0.5) is 0 Å². The van der Waals surface area contributed by atoms with Gasteiger partial charge in [-0.25, -0.2) is 0 Å². The van der Waals surface area contributed by atoms with Gasteiger partial charge in [0.15, 0.2) is 16.6 Å². The number of ether oxygens (including phenoxy) is 2. The van der Waals surface area contributed by atoms with Gasteiger partial charge in [0.05, 0.1) is 31.5 Å². The number of epoxide rings is 1. The molecule has 7 heteroatoms. The smallest absolute Gasteiger partial charge is 0.192 e. The average Bonchev–Trinajstić information content (AvgIpc) is 3.61. The molecule has 0 spiro atoms. The van der Waals surface area contributed by atoms with Crippen LogP contribution in [0.3, 0.4) is 0 Å². The molecule has 1 unspecified atom stereocenters. The number of hydrogen-bond donors (Lipinski definition) is 1. The van der Waals surface area contributed by atoms with E-state index in [2.05, 4.69) is 112 Å². The fourth-order valence-corrected chi connectivity index (χ4v) is 6.89. The molecule has 0 aromatic carbocycles. The Morgan fingerprint density at radius 3 is 2.24 bits per heavy atom. The van der Waals surface area contributed by atoms with Gasteiger partial charge < -0.3 is 23.4 Å². The quantitative estimate of drug-likeness (QED) is 0.0911. The molecule has 0 aromatic rings. The van der Waals surface area contributed by atoms with E-state index in [1.54, 1.807) is 6.08 Å². The SMILES string of the molecule is C=C1C[C@H](C/C=C/C(C/C(C)=C\C=C\CO)O[Si](C)(C)C(C)(C)C)O[C@H](/C=C(\C)[C@@H]2O[C@H]2CO[Si](C)(C)C(C)(C)C)C1. The lowest BCUT2D eigenvalue weighted by Crippen LogP contribution is -2.43. The van der Waals surface area contributed by atoms with Crippen LogP contribution in [-0.2, 0) is 18.3 Å². The maximum Gasteiger partial charge on any atom is 0.192 e. The third kappa shape index (κ3) is 11.8. The highest BCUT2D eigenvalue weighted by molar-refractivity contribution is 6.74. The molecule has 5 atom stereocenters. The van der Waals surface area contributed by atoms with Crippen LogP contribution in [0.1, 0.15) is 81.1 Å². The maximum absolute atomic E-state index is 9.07. The second-order valence-corrected chi connectivity index (χ2v) is 25.0. The second-order valence-electron chi connectivity index (χ2n) is 15.4. The van der Waals surface area contributed by atoms with E-state index >= 15 is 0 Å². The van der Waals surface area contributed by atoms with Gasteiger partial charge in [0.25, 0.3) is 0 Å². The van der Waals surface area contributed by atoms with Gasteiger partial charge >= 0.3 is 0 Å². The Bertz CT molecular complexity index is 1010. The fraction of sp³-hybridized carbons (Fsp3) is 0.714. The molecule has 240 valence electrons. The minimum absolute atomic E-state index is 0.00638. The van der Waals surface area contributed by atoms with Gasteiger partial charge in [-0.2, -0.15) is 0 Å². The number of hydrogen-bond acceptors (Lipinski definition) is 5. The summed E-state index contributed by atoms with van der Waals surface area (Å²) in [6, 6.07) is 0. The molecule has 2 heterocycles. The van der Waals surface area contributed by atoms with Gasteiger partial charge in [-0.1, -0.05) is 95.7 Å². The summed E-state index contributed by atoms with van der Waals surface area (Å²) >= 11 is 0. The van der Waals surface area contributed by atoms with E-state index in [9.17, 15) is 0 Å². The highest BCUT2D eigenvalue weighted by Gasteiger charge is 2.44. The molecular weight excluding hydrogens is 557 g/mol. The highest BCUT2D eigenvalue weighted by atomic mass is 28.4. The number of rotatable bonds is 14. The van der Waals surface area contributed by atoms with Crippen molar-refractivity contribution in [1.82, 2.24) is 0 Å². The molecule has 42 heavy (non-hydrogen) atoms. The van der Waals surface area contributed by atoms with E-state index < -0.39 is 16.6 Å². The highest BCUT2D eigenvalue weighted by Crippen LogP contribution is 2.40. The summed E-state index contributed by atoms with van der Waals surface area (Å²) < 4.78 is 25.8. The molecule has 2 aliphatic heterocycles. The normalized spacial score (nSPS) is 26.0. The molecule has 0 radical (unpaired) electrons. The summed E-state index contributed by atoms with van der Waals surface area (Å²) in [5, 5.41) is 9.40. The zero-order valence-corrected chi connectivity index (χ0v) is 30.9. The van der Waals surface area contributed by atoms with Gasteiger partial charge in [-0.3, -0.25) is 0 Å². The maximum atomic E-state index is 9.07. The molecular formula is C35H62O5Si2. The summed E-state index contributed by atoms with van der Waals surface area (Å²) in [6.45, 7) is 32.2. The first kappa shape index (κ1) is 37.1. The molecule has 0 aliphatic carbocycles. The Morgan fingerprint density at radius 2 is 1.64 bits per heavy atom. The van der Waals surface area contributed by atoms with E-state index in [1.165, 1.54) is 16.7 Å². The van der Waals surface area contributed by atoms with Crippen molar-refractivity contribution in [3.8, 4) is 0 Å². The van der Waals surface area contributed by atoms with Crippen LogP contribution in [0.2, 0.25) is 36.3 Å². The summed E-state index contributed by atoms with van der Waals surface area (Å²) in [5.74, 6) is 0. The van der Waals surface area contributed by atoms with Gasteiger partial charge in [-0.05, 0) is 81.4 Å². The lowest BCUT2D eigenvalue weighted by atomic mass is 9.95. The van der Waals surface area contributed by atoms with Crippen LogP contribution in [0.15, 0.2) is 59.8 Å². The molecule has 1 N–H and O–H groups in total. The third-order valence-corrected chi connectivity index (χ3v) is 18.4. The molecule has 2 saturated heterocycles. The van der Waals surface area contributed by atoms with E-state index in [-0.39, 0.29) is 47.2 Å². The minimum atomic E-state index is -1.95. The third-order valence-electron chi connectivity index (χ3n) is 9.42. The van der Waals surface area contributed by atoms with Gasteiger partial charge in [-0.15, -0.1) is 0 Å². The van der Waals surface area contributed by atoms with Crippen LogP contribution in [0, 0.1) is 0 Å². The van der Waals surface area contributed by atoms with Crippen molar-refractivity contribution < 1.29 is 23.4 Å². The second kappa shape index (κ2) is 15.3. The lowest BCUT2D eigenvalue weighted by Gasteiger charge is -2.39. The Balaban J connectivity index is 2.01. The number of allylic oxidation sites excluding steroid dienone is 2. The zero-order valence-electron chi connectivity index (χ0n) is 28.9. The Kier molecular flexibility index (Phi) is 13.5. The van der Waals surface area contributed by atoms with Crippen LogP contribution < -0.4 is 0 Å². The largest absolute Gasteiger partial charge is 0.414 e. The van der Waals surface area contributed by atoms with Crippen LogP contribution in [0.5, 0.6) is 0 Å². The van der Waals surface area contributed by atoms with E-state index in [4.69, 9.17) is 23.4 Å². The first-order valence-corrected chi connectivity index (χ1v) is 21.6. The number of aliphatic hydroxyl groups is 1. The van der Waals surface area contributed by atoms with Crippen molar-refractivity contribution in [3.63, 3.8) is 0 Å². The molecule has 5 nitrogen and oxygen atoms in total. The van der Waals surface area contributed by atoms with Crippen molar-refractivity contribution in [3.05, 3.63) is 59.8 Å². The molecule has 0 bridgehead atoms. The van der Waals surface area contributed by atoms with Crippen LogP contribution in [-0.4, -0.2) is 65.5 Å².